The molecule has 15 heavy (non-hydrogen) atoms. The van der Waals surface area contributed by atoms with Gasteiger partial charge in [0.05, 0.1) is 17.3 Å². The number of hydrogen-bond acceptors (Lipinski definition) is 4. The molecule has 0 unspecified atom stereocenters. The molecule has 0 aliphatic heterocycles. The zero-order chi connectivity index (χ0) is 10.7. The summed E-state index contributed by atoms with van der Waals surface area (Å²) in [6.07, 6.45) is 0. The van der Waals surface area contributed by atoms with Crippen LogP contribution in [0.4, 0.5) is 0 Å². The summed E-state index contributed by atoms with van der Waals surface area (Å²) in [6.45, 7) is 0.461. The highest BCUT2D eigenvalue weighted by Crippen LogP contribution is 2.22. The lowest BCUT2D eigenvalue weighted by Crippen LogP contribution is -1.94. The SMILES string of the molecule is N#Cc1cccc(-c2csc(CN)n2)c1. The van der Waals surface area contributed by atoms with Crippen LogP contribution >= 0.6 is 11.3 Å². The maximum atomic E-state index is 8.77. The van der Waals surface area contributed by atoms with Gasteiger partial charge in [-0.3, -0.25) is 0 Å². The summed E-state index contributed by atoms with van der Waals surface area (Å²) in [6, 6.07) is 9.51. The van der Waals surface area contributed by atoms with Crippen molar-refractivity contribution in [2.75, 3.05) is 0 Å². The number of nitrogens with zero attached hydrogens (tertiary/aromatic N) is 2. The van der Waals surface area contributed by atoms with Crippen molar-refractivity contribution in [1.82, 2.24) is 4.98 Å². The van der Waals surface area contributed by atoms with Crippen molar-refractivity contribution in [2.24, 2.45) is 5.73 Å². The average molecular weight is 215 g/mol. The summed E-state index contributed by atoms with van der Waals surface area (Å²) >= 11 is 1.54. The smallest absolute Gasteiger partial charge is 0.107 e. The number of hydrogen-bond donors (Lipinski definition) is 1. The molecule has 4 heteroatoms. The Bertz CT molecular complexity index is 511. The summed E-state index contributed by atoms with van der Waals surface area (Å²) in [7, 11) is 0. The predicted molar refractivity (Wildman–Crippen MR) is 60.2 cm³/mol. The van der Waals surface area contributed by atoms with Gasteiger partial charge in [0.1, 0.15) is 5.01 Å². The maximum Gasteiger partial charge on any atom is 0.107 e. The van der Waals surface area contributed by atoms with E-state index in [1.165, 1.54) is 11.3 Å². The van der Waals surface area contributed by atoms with Gasteiger partial charge in [-0.2, -0.15) is 5.26 Å². The molecule has 3 nitrogen and oxygen atoms in total. The monoisotopic (exact) mass is 215 g/mol. The van der Waals surface area contributed by atoms with Crippen LogP contribution in [0, 0.1) is 11.3 Å². The van der Waals surface area contributed by atoms with Gasteiger partial charge in [-0.05, 0) is 12.1 Å². The molecule has 0 amide bonds. The topological polar surface area (TPSA) is 62.7 Å². The van der Waals surface area contributed by atoms with Crippen molar-refractivity contribution in [3.05, 3.63) is 40.2 Å². The van der Waals surface area contributed by atoms with Crippen LogP contribution in [0.25, 0.3) is 11.3 Å². The normalized spacial score (nSPS) is 9.87. The number of benzene rings is 1. The van der Waals surface area contributed by atoms with Gasteiger partial charge in [-0.15, -0.1) is 11.3 Å². The van der Waals surface area contributed by atoms with E-state index in [1.54, 1.807) is 6.07 Å². The molecule has 0 saturated heterocycles. The maximum absolute atomic E-state index is 8.77. The Morgan fingerprint density at radius 2 is 2.33 bits per heavy atom. The van der Waals surface area contributed by atoms with Crippen molar-refractivity contribution in [1.29, 1.82) is 5.26 Å². The Kier molecular flexibility index (Phi) is 2.77. The summed E-state index contributed by atoms with van der Waals surface area (Å²) in [5, 5.41) is 11.6. The molecule has 2 rings (SSSR count). The Hall–Kier alpha value is -1.70. The fraction of sp³-hybridized carbons (Fsp3) is 0.0909. The minimum atomic E-state index is 0.461. The Balaban J connectivity index is 2.41. The third-order valence-electron chi connectivity index (χ3n) is 2.01. The molecular weight excluding hydrogens is 206 g/mol. The van der Waals surface area contributed by atoms with E-state index in [-0.39, 0.29) is 0 Å². The van der Waals surface area contributed by atoms with Crippen LogP contribution in [0.3, 0.4) is 0 Å². The molecule has 0 saturated carbocycles. The highest BCUT2D eigenvalue weighted by Gasteiger charge is 2.03. The minimum Gasteiger partial charge on any atom is -0.325 e. The molecule has 0 spiro atoms. The summed E-state index contributed by atoms with van der Waals surface area (Å²) in [5.41, 5.74) is 7.99. The third-order valence-corrected chi connectivity index (χ3v) is 2.88. The van der Waals surface area contributed by atoms with Crippen LogP contribution in [0.5, 0.6) is 0 Å². The molecule has 2 aromatic rings. The lowest BCUT2D eigenvalue weighted by molar-refractivity contribution is 1.04. The average Bonchev–Trinajstić information content (AvgIpc) is 2.78. The van der Waals surface area contributed by atoms with Crippen LogP contribution in [-0.4, -0.2) is 4.98 Å². The number of nitrogens with two attached hydrogens (primary N) is 1. The largest absolute Gasteiger partial charge is 0.325 e. The number of thiazole rings is 1. The first-order valence-corrected chi connectivity index (χ1v) is 5.36. The van der Waals surface area contributed by atoms with Crippen LogP contribution in [0.1, 0.15) is 10.6 Å². The minimum absolute atomic E-state index is 0.461. The van der Waals surface area contributed by atoms with E-state index in [2.05, 4.69) is 11.1 Å². The lowest BCUT2D eigenvalue weighted by Gasteiger charge is -1.96. The van der Waals surface area contributed by atoms with Gasteiger partial charge in [-0.25, -0.2) is 4.98 Å². The van der Waals surface area contributed by atoms with E-state index < -0.39 is 0 Å². The molecule has 1 aromatic carbocycles. The van der Waals surface area contributed by atoms with Gasteiger partial charge in [0, 0.05) is 17.5 Å². The highest BCUT2D eigenvalue weighted by atomic mass is 32.1. The van der Waals surface area contributed by atoms with Gasteiger partial charge in [0.25, 0.3) is 0 Å². The molecule has 1 aromatic heterocycles. The van der Waals surface area contributed by atoms with Crippen LogP contribution in [0.2, 0.25) is 0 Å². The molecule has 0 radical (unpaired) electrons. The highest BCUT2D eigenvalue weighted by molar-refractivity contribution is 7.09. The Morgan fingerprint density at radius 1 is 1.47 bits per heavy atom. The second kappa shape index (κ2) is 4.22. The first-order valence-electron chi connectivity index (χ1n) is 4.48. The van der Waals surface area contributed by atoms with Crippen molar-refractivity contribution >= 4 is 11.3 Å². The van der Waals surface area contributed by atoms with E-state index in [9.17, 15) is 0 Å². The van der Waals surface area contributed by atoms with E-state index in [1.807, 2.05) is 23.6 Å². The van der Waals surface area contributed by atoms with Gasteiger partial charge in [-0.1, -0.05) is 12.1 Å². The quantitative estimate of drug-likeness (QED) is 0.834. The first kappa shape index (κ1) is 9.84. The molecular formula is C11H9N3S. The second-order valence-electron chi connectivity index (χ2n) is 3.02. The zero-order valence-electron chi connectivity index (χ0n) is 7.97. The Labute approximate surface area is 91.8 Å². The van der Waals surface area contributed by atoms with Gasteiger partial charge in [0.2, 0.25) is 0 Å². The fourth-order valence-electron chi connectivity index (χ4n) is 1.29. The van der Waals surface area contributed by atoms with Gasteiger partial charge >= 0.3 is 0 Å². The van der Waals surface area contributed by atoms with Crippen LogP contribution in [-0.2, 0) is 6.54 Å². The number of rotatable bonds is 2. The fourth-order valence-corrected chi connectivity index (χ4v) is 1.97. The number of aromatic nitrogens is 1. The summed E-state index contributed by atoms with van der Waals surface area (Å²) < 4.78 is 0. The molecule has 0 aliphatic carbocycles. The van der Waals surface area contributed by atoms with Crippen molar-refractivity contribution in [3.63, 3.8) is 0 Å². The molecule has 0 bridgehead atoms. The molecule has 0 atom stereocenters. The predicted octanol–water partition coefficient (Wildman–Crippen LogP) is 2.14. The molecule has 74 valence electrons. The van der Waals surface area contributed by atoms with E-state index in [4.69, 9.17) is 11.0 Å². The van der Waals surface area contributed by atoms with E-state index >= 15 is 0 Å². The van der Waals surface area contributed by atoms with Crippen molar-refractivity contribution < 1.29 is 0 Å². The van der Waals surface area contributed by atoms with E-state index in [0.717, 1.165) is 16.3 Å². The molecule has 2 N–H and O–H groups in total. The second-order valence-corrected chi connectivity index (χ2v) is 3.97. The standard InChI is InChI=1S/C11H9N3S/c12-5-8-2-1-3-9(4-8)10-7-15-11(6-13)14-10/h1-4,7H,6,13H2. The molecule has 0 fully saturated rings. The Morgan fingerprint density at radius 3 is 3.00 bits per heavy atom. The summed E-state index contributed by atoms with van der Waals surface area (Å²) in [5.74, 6) is 0. The molecule has 0 aliphatic rings. The third kappa shape index (κ3) is 2.04. The van der Waals surface area contributed by atoms with Gasteiger partial charge in [0.15, 0.2) is 0 Å². The van der Waals surface area contributed by atoms with E-state index in [0.29, 0.717) is 12.1 Å². The lowest BCUT2D eigenvalue weighted by atomic mass is 10.1. The molecule has 1 heterocycles. The van der Waals surface area contributed by atoms with Crippen LogP contribution in [0.15, 0.2) is 29.6 Å². The van der Waals surface area contributed by atoms with Crippen molar-refractivity contribution in [2.45, 2.75) is 6.54 Å². The first-order chi connectivity index (χ1) is 7.33. The zero-order valence-corrected chi connectivity index (χ0v) is 8.79. The summed E-state index contributed by atoms with van der Waals surface area (Å²) in [4.78, 5) is 4.36. The van der Waals surface area contributed by atoms with Gasteiger partial charge < -0.3 is 5.73 Å². The van der Waals surface area contributed by atoms with Crippen molar-refractivity contribution in [3.8, 4) is 17.3 Å². The van der Waals surface area contributed by atoms with Crippen LogP contribution < -0.4 is 5.73 Å². The number of nitriles is 1.